The first-order chi connectivity index (χ1) is 10.8. The van der Waals surface area contributed by atoms with Crippen molar-refractivity contribution in [2.24, 2.45) is 0 Å². The minimum Gasteiger partial charge on any atom is -0.480 e. The molecule has 0 bridgehead atoms. The van der Waals surface area contributed by atoms with Crippen LogP contribution in [0.4, 0.5) is 4.39 Å². The summed E-state index contributed by atoms with van der Waals surface area (Å²) in [6, 6.07) is 4.50. The number of pyridine rings is 1. The van der Waals surface area contributed by atoms with E-state index in [1.54, 1.807) is 6.92 Å². The number of aliphatic carboxylic acids is 1. The van der Waals surface area contributed by atoms with Gasteiger partial charge < -0.3 is 15.0 Å². The quantitative estimate of drug-likeness (QED) is 0.881. The summed E-state index contributed by atoms with van der Waals surface area (Å²) < 4.78 is 13.3. The van der Waals surface area contributed by atoms with Crippen LogP contribution in [0.5, 0.6) is 0 Å². The molecule has 1 aromatic heterocycles. The Bertz CT molecular complexity index is 815. The zero-order chi connectivity index (χ0) is 17.1. The molecule has 1 atom stereocenters. The Kier molecular flexibility index (Phi) is 4.78. The highest BCUT2D eigenvalue weighted by atomic mass is 19.1. The van der Waals surface area contributed by atoms with Crippen molar-refractivity contribution in [3.8, 4) is 0 Å². The lowest BCUT2D eigenvalue weighted by atomic mass is 10.1. The summed E-state index contributed by atoms with van der Waals surface area (Å²) in [5.41, 5.74) is -0.295. The molecule has 0 saturated carbocycles. The minimum absolute atomic E-state index is 0.0605. The zero-order valence-corrected chi connectivity index (χ0v) is 12.8. The van der Waals surface area contributed by atoms with Gasteiger partial charge in [-0.1, -0.05) is 6.92 Å². The monoisotopic (exact) mass is 320 g/mol. The lowest BCUT2D eigenvalue weighted by molar-refractivity contribution is -0.138. The number of H-pyrrole nitrogens is 1. The van der Waals surface area contributed by atoms with Crippen LogP contribution in [0, 0.1) is 5.82 Å². The summed E-state index contributed by atoms with van der Waals surface area (Å²) in [6.45, 7) is 3.09. The maximum Gasteiger partial charge on any atom is 0.323 e. The summed E-state index contributed by atoms with van der Waals surface area (Å²) in [7, 11) is 0. The Hall–Kier alpha value is -2.70. The molecule has 1 aromatic carbocycles. The number of fused-ring (bicyclic) bond motifs is 1. The van der Waals surface area contributed by atoms with Crippen molar-refractivity contribution < 1.29 is 19.1 Å². The number of carbonyl (C=O) groups is 2. The number of hydrogen-bond donors (Lipinski definition) is 2. The maximum absolute atomic E-state index is 13.3. The van der Waals surface area contributed by atoms with E-state index in [4.69, 9.17) is 5.11 Å². The molecule has 0 fully saturated rings. The fourth-order valence-corrected chi connectivity index (χ4v) is 2.36. The van der Waals surface area contributed by atoms with E-state index in [1.165, 1.54) is 17.0 Å². The van der Waals surface area contributed by atoms with E-state index >= 15 is 0 Å². The first kappa shape index (κ1) is 16.7. The first-order valence-electron chi connectivity index (χ1n) is 7.18. The molecule has 0 aliphatic carbocycles. The van der Waals surface area contributed by atoms with Crippen molar-refractivity contribution in [3.63, 3.8) is 0 Å². The number of aromatic amines is 1. The average Bonchev–Trinajstić information content (AvgIpc) is 2.49. The SMILES string of the molecule is CCC(C)N(CC(=O)O)C(=O)c1cc(=O)[nH]c2cc(F)ccc12. The number of carbonyl (C=O) groups excluding carboxylic acids is 1. The van der Waals surface area contributed by atoms with Gasteiger partial charge in [0.2, 0.25) is 5.56 Å². The van der Waals surface area contributed by atoms with Gasteiger partial charge in [0.25, 0.3) is 5.91 Å². The molecule has 0 spiro atoms. The summed E-state index contributed by atoms with van der Waals surface area (Å²) >= 11 is 0. The molecule has 6 nitrogen and oxygen atoms in total. The number of halogens is 1. The molecule has 2 rings (SSSR count). The third-order valence-electron chi connectivity index (χ3n) is 3.72. The molecular formula is C16H17FN2O4. The van der Waals surface area contributed by atoms with E-state index in [0.29, 0.717) is 11.8 Å². The number of nitrogens with zero attached hydrogens (tertiary/aromatic N) is 1. The number of rotatable bonds is 5. The molecule has 1 unspecified atom stereocenters. The molecule has 122 valence electrons. The van der Waals surface area contributed by atoms with Crippen molar-refractivity contribution in [1.29, 1.82) is 0 Å². The second-order valence-electron chi connectivity index (χ2n) is 5.32. The Balaban J connectivity index is 2.58. The number of nitrogens with one attached hydrogen (secondary N) is 1. The summed E-state index contributed by atoms with van der Waals surface area (Å²) in [6.07, 6.45) is 0.564. The fourth-order valence-electron chi connectivity index (χ4n) is 2.36. The molecule has 0 aliphatic heterocycles. The van der Waals surface area contributed by atoms with Gasteiger partial charge in [-0.3, -0.25) is 14.4 Å². The molecule has 1 heterocycles. The van der Waals surface area contributed by atoms with E-state index in [0.717, 1.165) is 12.1 Å². The third kappa shape index (κ3) is 3.56. The standard InChI is InChI=1S/C16H17FN2O4/c1-3-9(2)19(8-15(21)22)16(23)12-7-14(20)18-13-6-10(17)4-5-11(12)13/h4-7,9H,3,8H2,1-2H3,(H,18,20)(H,21,22). The van der Waals surface area contributed by atoms with Gasteiger partial charge in [0, 0.05) is 17.5 Å². The average molecular weight is 320 g/mol. The van der Waals surface area contributed by atoms with Crippen molar-refractivity contribution in [2.45, 2.75) is 26.3 Å². The van der Waals surface area contributed by atoms with Crippen LogP contribution in [0.25, 0.3) is 10.9 Å². The van der Waals surface area contributed by atoms with E-state index in [9.17, 15) is 18.8 Å². The summed E-state index contributed by atoms with van der Waals surface area (Å²) in [5.74, 6) is -2.25. The highest BCUT2D eigenvalue weighted by Gasteiger charge is 2.24. The normalized spacial score (nSPS) is 12.1. The Labute approximate surface area is 131 Å². The zero-order valence-electron chi connectivity index (χ0n) is 12.8. The highest BCUT2D eigenvalue weighted by Crippen LogP contribution is 2.19. The van der Waals surface area contributed by atoms with Crippen LogP contribution in [0.3, 0.4) is 0 Å². The number of hydrogen-bond acceptors (Lipinski definition) is 3. The summed E-state index contributed by atoms with van der Waals surface area (Å²) in [5, 5.41) is 9.39. The van der Waals surface area contributed by atoms with E-state index in [1.807, 2.05) is 6.92 Å². The van der Waals surface area contributed by atoms with Gasteiger partial charge in [-0.25, -0.2) is 4.39 Å². The Morgan fingerprint density at radius 3 is 2.65 bits per heavy atom. The van der Waals surface area contributed by atoms with Crippen molar-refractivity contribution in [1.82, 2.24) is 9.88 Å². The van der Waals surface area contributed by atoms with Gasteiger partial charge in [0.05, 0.1) is 11.1 Å². The highest BCUT2D eigenvalue weighted by molar-refractivity contribution is 6.06. The van der Waals surface area contributed by atoms with Gasteiger partial charge in [0.15, 0.2) is 0 Å². The number of aromatic nitrogens is 1. The van der Waals surface area contributed by atoms with Crippen LogP contribution in [0.2, 0.25) is 0 Å². The molecule has 2 aromatic rings. The minimum atomic E-state index is -1.14. The number of carboxylic acid groups (broad SMARTS) is 1. The molecule has 1 amide bonds. The lowest BCUT2D eigenvalue weighted by Gasteiger charge is -2.27. The molecule has 0 saturated heterocycles. The van der Waals surface area contributed by atoms with Crippen LogP contribution in [0.1, 0.15) is 30.6 Å². The smallest absolute Gasteiger partial charge is 0.323 e. The molecule has 7 heteroatoms. The van der Waals surface area contributed by atoms with Crippen LogP contribution in [-0.4, -0.2) is 39.5 Å². The predicted octanol–water partition coefficient (Wildman–Crippen LogP) is 1.99. The third-order valence-corrected chi connectivity index (χ3v) is 3.72. The topological polar surface area (TPSA) is 90.5 Å². The van der Waals surface area contributed by atoms with E-state index in [-0.39, 0.29) is 17.1 Å². The van der Waals surface area contributed by atoms with Crippen molar-refractivity contribution in [3.05, 3.63) is 46.0 Å². The van der Waals surface area contributed by atoms with Crippen LogP contribution < -0.4 is 5.56 Å². The second kappa shape index (κ2) is 6.60. The van der Waals surface area contributed by atoms with Gasteiger partial charge in [-0.15, -0.1) is 0 Å². The first-order valence-corrected chi connectivity index (χ1v) is 7.18. The number of benzene rings is 1. The molecule has 0 aliphatic rings. The summed E-state index contributed by atoms with van der Waals surface area (Å²) in [4.78, 5) is 39.2. The Morgan fingerprint density at radius 1 is 1.35 bits per heavy atom. The van der Waals surface area contributed by atoms with Gasteiger partial charge in [-0.2, -0.15) is 0 Å². The fraction of sp³-hybridized carbons (Fsp3) is 0.312. The van der Waals surface area contributed by atoms with Gasteiger partial charge in [-0.05, 0) is 31.5 Å². The van der Waals surface area contributed by atoms with Crippen molar-refractivity contribution in [2.75, 3.05) is 6.54 Å². The predicted molar refractivity (Wildman–Crippen MR) is 83.0 cm³/mol. The molecular weight excluding hydrogens is 303 g/mol. The van der Waals surface area contributed by atoms with Crippen molar-refractivity contribution >= 4 is 22.8 Å². The van der Waals surface area contributed by atoms with Gasteiger partial charge >= 0.3 is 5.97 Å². The largest absolute Gasteiger partial charge is 0.480 e. The lowest BCUT2D eigenvalue weighted by Crippen LogP contribution is -2.42. The molecule has 2 N–H and O–H groups in total. The van der Waals surface area contributed by atoms with Crippen LogP contribution >= 0.6 is 0 Å². The van der Waals surface area contributed by atoms with Crippen LogP contribution in [-0.2, 0) is 4.79 Å². The van der Waals surface area contributed by atoms with Gasteiger partial charge in [0.1, 0.15) is 12.4 Å². The van der Waals surface area contributed by atoms with E-state index < -0.39 is 29.8 Å². The second-order valence-corrected chi connectivity index (χ2v) is 5.32. The molecule has 0 radical (unpaired) electrons. The Morgan fingerprint density at radius 2 is 2.04 bits per heavy atom. The number of amides is 1. The maximum atomic E-state index is 13.3. The van der Waals surface area contributed by atoms with E-state index in [2.05, 4.69) is 4.98 Å². The molecule has 23 heavy (non-hydrogen) atoms. The van der Waals surface area contributed by atoms with Crippen LogP contribution in [0.15, 0.2) is 29.1 Å². The number of carboxylic acids is 1.